The highest BCUT2D eigenvalue weighted by Crippen LogP contribution is 2.07. The first-order valence-electron chi connectivity index (χ1n) is 8.53. The molecule has 5 nitrogen and oxygen atoms in total. The molecular weight excluding hydrogens is 312 g/mol. The van der Waals surface area contributed by atoms with Crippen molar-refractivity contribution in [3.8, 4) is 0 Å². The zero-order valence-electron chi connectivity index (χ0n) is 14.4. The van der Waals surface area contributed by atoms with E-state index in [4.69, 9.17) is 0 Å². The van der Waals surface area contributed by atoms with Gasteiger partial charge in [-0.05, 0) is 24.5 Å². The Kier molecular flexibility index (Phi) is 5.57. The largest absolute Gasteiger partial charge is 0.337 e. The molecule has 0 aliphatic heterocycles. The van der Waals surface area contributed by atoms with E-state index in [1.807, 2.05) is 60.4 Å². The van der Waals surface area contributed by atoms with Crippen molar-refractivity contribution in [2.24, 2.45) is 0 Å². The highest BCUT2D eigenvalue weighted by molar-refractivity contribution is 5.91. The summed E-state index contributed by atoms with van der Waals surface area (Å²) in [5.41, 5.74) is 2.75. The molecule has 128 valence electrons. The van der Waals surface area contributed by atoms with E-state index in [0.29, 0.717) is 25.3 Å². The maximum absolute atomic E-state index is 12.7. The van der Waals surface area contributed by atoms with Gasteiger partial charge in [-0.15, -0.1) is 5.10 Å². The number of carbonyl (C=O) groups is 1. The lowest BCUT2D eigenvalue weighted by Gasteiger charge is -2.19. The van der Waals surface area contributed by atoms with Gasteiger partial charge in [0.2, 0.25) is 0 Å². The maximum Gasteiger partial charge on any atom is 0.276 e. The van der Waals surface area contributed by atoms with Crippen LogP contribution < -0.4 is 0 Å². The molecule has 25 heavy (non-hydrogen) atoms. The van der Waals surface area contributed by atoms with Crippen molar-refractivity contribution in [3.05, 3.63) is 83.7 Å². The normalized spacial score (nSPS) is 10.6. The molecule has 0 bridgehead atoms. The quantitative estimate of drug-likeness (QED) is 0.667. The van der Waals surface area contributed by atoms with Crippen molar-refractivity contribution >= 4 is 5.91 Å². The van der Waals surface area contributed by atoms with Crippen LogP contribution in [-0.4, -0.2) is 38.9 Å². The number of amides is 1. The molecule has 2 aromatic carbocycles. The SMILES string of the molecule is CCN(CCc1ccccc1)C(=O)c1cn(Cc2ccccc2)nn1. The van der Waals surface area contributed by atoms with Gasteiger partial charge in [-0.1, -0.05) is 65.9 Å². The Balaban J connectivity index is 1.62. The standard InChI is InChI=1S/C20H22N4O/c1-2-23(14-13-17-9-5-3-6-10-17)20(25)19-16-24(22-21-19)15-18-11-7-4-8-12-18/h3-12,16H,2,13-15H2,1H3. The van der Waals surface area contributed by atoms with Crippen molar-refractivity contribution in [2.75, 3.05) is 13.1 Å². The molecule has 1 heterocycles. The summed E-state index contributed by atoms with van der Waals surface area (Å²) in [5, 5.41) is 8.14. The van der Waals surface area contributed by atoms with Gasteiger partial charge in [0.05, 0.1) is 12.7 Å². The van der Waals surface area contributed by atoms with E-state index >= 15 is 0 Å². The van der Waals surface area contributed by atoms with E-state index in [1.54, 1.807) is 10.9 Å². The van der Waals surface area contributed by atoms with E-state index in [9.17, 15) is 4.79 Å². The second-order valence-electron chi connectivity index (χ2n) is 5.91. The topological polar surface area (TPSA) is 51.0 Å². The summed E-state index contributed by atoms with van der Waals surface area (Å²) >= 11 is 0. The van der Waals surface area contributed by atoms with Crippen LogP contribution in [0.25, 0.3) is 0 Å². The van der Waals surface area contributed by atoms with Crippen LogP contribution in [0.4, 0.5) is 0 Å². The number of nitrogens with zero attached hydrogens (tertiary/aromatic N) is 4. The summed E-state index contributed by atoms with van der Waals surface area (Å²) in [6.45, 7) is 3.91. The lowest BCUT2D eigenvalue weighted by Crippen LogP contribution is -2.33. The summed E-state index contributed by atoms with van der Waals surface area (Å²) in [6, 6.07) is 20.2. The van der Waals surface area contributed by atoms with Crippen LogP contribution in [0.3, 0.4) is 0 Å². The molecule has 0 saturated carbocycles. The lowest BCUT2D eigenvalue weighted by molar-refractivity contribution is 0.0760. The van der Waals surface area contributed by atoms with E-state index in [0.717, 1.165) is 12.0 Å². The third-order valence-electron chi connectivity index (χ3n) is 4.13. The summed E-state index contributed by atoms with van der Waals surface area (Å²) in [6.07, 6.45) is 2.55. The highest BCUT2D eigenvalue weighted by atomic mass is 16.2. The van der Waals surface area contributed by atoms with Crippen LogP contribution in [0.1, 0.15) is 28.5 Å². The molecular formula is C20H22N4O. The molecule has 0 saturated heterocycles. The third-order valence-corrected chi connectivity index (χ3v) is 4.13. The summed E-state index contributed by atoms with van der Waals surface area (Å²) < 4.78 is 1.70. The first kappa shape index (κ1) is 16.9. The molecule has 0 N–H and O–H groups in total. The van der Waals surface area contributed by atoms with Crippen molar-refractivity contribution in [1.29, 1.82) is 0 Å². The van der Waals surface area contributed by atoms with Gasteiger partial charge in [0.15, 0.2) is 5.69 Å². The van der Waals surface area contributed by atoms with Gasteiger partial charge in [-0.2, -0.15) is 0 Å². The second-order valence-corrected chi connectivity index (χ2v) is 5.91. The van der Waals surface area contributed by atoms with E-state index < -0.39 is 0 Å². The predicted molar refractivity (Wildman–Crippen MR) is 97.3 cm³/mol. The molecule has 3 aromatic rings. The van der Waals surface area contributed by atoms with Gasteiger partial charge in [0, 0.05) is 13.1 Å². The van der Waals surface area contributed by atoms with Crippen LogP contribution in [0.2, 0.25) is 0 Å². The van der Waals surface area contributed by atoms with Gasteiger partial charge in [-0.25, -0.2) is 4.68 Å². The molecule has 0 spiro atoms. The van der Waals surface area contributed by atoms with Crippen LogP contribution in [0.5, 0.6) is 0 Å². The van der Waals surface area contributed by atoms with E-state index in [-0.39, 0.29) is 5.91 Å². The van der Waals surface area contributed by atoms with Gasteiger partial charge < -0.3 is 4.90 Å². The summed E-state index contributed by atoms with van der Waals surface area (Å²) in [7, 11) is 0. The Hall–Kier alpha value is -2.95. The minimum Gasteiger partial charge on any atom is -0.337 e. The number of carbonyl (C=O) groups excluding carboxylic acids is 1. The monoisotopic (exact) mass is 334 g/mol. The van der Waals surface area contributed by atoms with Gasteiger partial charge in [-0.3, -0.25) is 4.79 Å². The Labute approximate surface area is 147 Å². The van der Waals surface area contributed by atoms with Gasteiger partial charge >= 0.3 is 0 Å². The first-order chi connectivity index (χ1) is 12.3. The van der Waals surface area contributed by atoms with Crippen LogP contribution in [-0.2, 0) is 13.0 Å². The molecule has 0 aliphatic rings. The fraction of sp³-hybridized carbons (Fsp3) is 0.250. The van der Waals surface area contributed by atoms with E-state index in [1.165, 1.54) is 5.56 Å². The Morgan fingerprint density at radius 3 is 2.28 bits per heavy atom. The Morgan fingerprint density at radius 1 is 1.00 bits per heavy atom. The summed E-state index contributed by atoms with van der Waals surface area (Å²) in [4.78, 5) is 14.5. The average molecular weight is 334 g/mol. The minimum absolute atomic E-state index is 0.0715. The van der Waals surface area contributed by atoms with Gasteiger partial charge in [0.1, 0.15) is 0 Å². The van der Waals surface area contributed by atoms with Gasteiger partial charge in [0.25, 0.3) is 5.91 Å². The summed E-state index contributed by atoms with van der Waals surface area (Å²) in [5.74, 6) is -0.0715. The highest BCUT2D eigenvalue weighted by Gasteiger charge is 2.17. The van der Waals surface area contributed by atoms with Crippen LogP contribution in [0.15, 0.2) is 66.9 Å². The average Bonchev–Trinajstić information content (AvgIpc) is 3.12. The molecule has 0 atom stereocenters. The zero-order valence-corrected chi connectivity index (χ0v) is 14.4. The third kappa shape index (κ3) is 4.53. The second kappa shape index (κ2) is 8.24. The number of benzene rings is 2. The molecule has 5 heteroatoms. The molecule has 0 unspecified atom stereocenters. The number of hydrogen-bond acceptors (Lipinski definition) is 3. The minimum atomic E-state index is -0.0715. The molecule has 3 rings (SSSR count). The Bertz CT molecular complexity index is 799. The zero-order chi connectivity index (χ0) is 17.5. The Morgan fingerprint density at radius 2 is 1.64 bits per heavy atom. The van der Waals surface area contributed by atoms with Crippen molar-refractivity contribution in [2.45, 2.75) is 19.9 Å². The van der Waals surface area contributed by atoms with E-state index in [2.05, 4.69) is 22.4 Å². The molecule has 0 aliphatic carbocycles. The van der Waals surface area contributed by atoms with Crippen molar-refractivity contribution in [3.63, 3.8) is 0 Å². The first-order valence-corrected chi connectivity index (χ1v) is 8.53. The number of hydrogen-bond donors (Lipinski definition) is 0. The lowest BCUT2D eigenvalue weighted by atomic mass is 10.1. The smallest absolute Gasteiger partial charge is 0.276 e. The van der Waals surface area contributed by atoms with Crippen LogP contribution >= 0.6 is 0 Å². The molecule has 1 amide bonds. The van der Waals surface area contributed by atoms with Crippen LogP contribution in [0, 0.1) is 0 Å². The number of likely N-dealkylation sites (N-methyl/N-ethyl adjacent to an activating group) is 1. The number of rotatable bonds is 7. The number of aromatic nitrogens is 3. The molecule has 0 radical (unpaired) electrons. The molecule has 0 fully saturated rings. The maximum atomic E-state index is 12.7. The van der Waals surface area contributed by atoms with Crippen molar-refractivity contribution < 1.29 is 4.79 Å². The van der Waals surface area contributed by atoms with Crippen molar-refractivity contribution in [1.82, 2.24) is 19.9 Å². The fourth-order valence-corrected chi connectivity index (χ4v) is 2.72. The predicted octanol–water partition coefficient (Wildman–Crippen LogP) is 3.03. The molecule has 1 aromatic heterocycles. The fourth-order valence-electron chi connectivity index (χ4n) is 2.72.